The molecule has 0 spiro atoms. The number of nitrogens with one attached hydrogen (secondary N) is 1. The van der Waals surface area contributed by atoms with Crippen LogP contribution in [0.4, 0.5) is 19.0 Å². The smallest absolute Gasteiger partial charge is 0.368 e. The van der Waals surface area contributed by atoms with Crippen LogP contribution < -0.4 is 11.1 Å². The van der Waals surface area contributed by atoms with Crippen LogP contribution in [0.1, 0.15) is 25.3 Å². The molecule has 1 saturated heterocycles. The molecular formula is C15H20ClF3N4O. The van der Waals surface area contributed by atoms with Gasteiger partial charge >= 0.3 is 6.18 Å². The number of pyridine rings is 1. The molecule has 24 heavy (non-hydrogen) atoms. The first-order valence-corrected chi connectivity index (χ1v) is 8.06. The number of alkyl halides is 3. The molecule has 0 radical (unpaired) electrons. The van der Waals surface area contributed by atoms with Crippen LogP contribution >= 0.6 is 11.6 Å². The van der Waals surface area contributed by atoms with Crippen LogP contribution in [0.5, 0.6) is 0 Å². The summed E-state index contributed by atoms with van der Waals surface area (Å²) in [6.45, 7) is 3.43. The van der Waals surface area contributed by atoms with E-state index in [2.05, 4.69) is 10.3 Å². The highest BCUT2D eigenvalue weighted by atomic mass is 35.5. The molecule has 0 saturated carbocycles. The molecule has 5 nitrogen and oxygen atoms in total. The first-order valence-electron chi connectivity index (χ1n) is 7.68. The third-order valence-corrected chi connectivity index (χ3v) is 4.40. The van der Waals surface area contributed by atoms with Gasteiger partial charge in [-0.2, -0.15) is 13.2 Å². The molecule has 0 aliphatic carbocycles. The number of amides is 1. The van der Waals surface area contributed by atoms with Gasteiger partial charge in [-0.3, -0.25) is 4.79 Å². The van der Waals surface area contributed by atoms with E-state index in [-0.39, 0.29) is 35.8 Å². The molecule has 3 N–H and O–H groups in total. The lowest BCUT2D eigenvalue weighted by atomic mass is 10.1. The summed E-state index contributed by atoms with van der Waals surface area (Å²) in [5.74, 6) is 0.434. The monoisotopic (exact) mass is 364 g/mol. The van der Waals surface area contributed by atoms with Gasteiger partial charge in [-0.25, -0.2) is 4.98 Å². The van der Waals surface area contributed by atoms with Crippen molar-refractivity contribution in [2.75, 3.05) is 25.0 Å². The Labute approximate surface area is 143 Å². The summed E-state index contributed by atoms with van der Waals surface area (Å²) in [7, 11) is 0. The number of hydrogen-bond acceptors (Lipinski definition) is 4. The second-order valence-corrected chi connectivity index (χ2v) is 6.37. The van der Waals surface area contributed by atoms with Crippen molar-refractivity contribution in [1.82, 2.24) is 9.88 Å². The zero-order valence-corrected chi connectivity index (χ0v) is 14.0. The number of anilines is 1. The molecule has 1 aliphatic rings. The molecular weight excluding hydrogens is 345 g/mol. The van der Waals surface area contributed by atoms with E-state index in [0.29, 0.717) is 25.2 Å². The second kappa shape index (κ2) is 7.57. The summed E-state index contributed by atoms with van der Waals surface area (Å²) >= 11 is 5.80. The van der Waals surface area contributed by atoms with Crippen LogP contribution in [-0.2, 0) is 11.0 Å². The van der Waals surface area contributed by atoms with Crippen molar-refractivity contribution in [3.63, 3.8) is 0 Å². The molecule has 1 amide bonds. The topological polar surface area (TPSA) is 71.2 Å². The van der Waals surface area contributed by atoms with E-state index < -0.39 is 11.7 Å². The predicted molar refractivity (Wildman–Crippen MR) is 85.7 cm³/mol. The number of nitrogens with two attached hydrogens (primary N) is 1. The highest BCUT2D eigenvalue weighted by Gasteiger charge is 2.32. The summed E-state index contributed by atoms with van der Waals surface area (Å²) in [5.41, 5.74) is 4.73. The van der Waals surface area contributed by atoms with Crippen LogP contribution in [0.15, 0.2) is 12.3 Å². The molecule has 1 aliphatic heterocycles. The number of carbonyl (C=O) groups excluding carboxylic acids is 1. The van der Waals surface area contributed by atoms with Crippen molar-refractivity contribution in [2.24, 2.45) is 11.7 Å². The molecule has 2 unspecified atom stereocenters. The van der Waals surface area contributed by atoms with Crippen molar-refractivity contribution in [2.45, 2.75) is 32.0 Å². The molecule has 2 rings (SSSR count). The quantitative estimate of drug-likeness (QED) is 0.842. The van der Waals surface area contributed by atoms with Crippen LogP contribution in [0.2, 0.25) is 5.02 Å². The van der Waals surface area contributed by atoms with E-state index in [4.69, 9.17) is 17.3 Å². The zero-order valence-electron chi connectivity index (χ0n) is 13.2. The second-order valence-electron chi connectivity index (χ2n) is 5.96. The minimum atomic E-state index is -4.49. The Bertz CT molecular complexity index is 597. The third kappa shape index (κ3) is 4.51. The fourth-order valence-electron chi connectivity index (χ4n) is 2.82. The summed E-state index contributed by atoms with van der Waals surface area (Å²) in [6, 6.07) is 0.964. The third-order valence-electron chi connectivity index (χ3n) is 4.11. The standard InChI is InChI=1S/C15H20ClF3N4O/c1-9-4-10(6-20)8-23(9)13(24)2-3-21-14-12(16)5-11(7-22-14)15(17,18)19/h5,7,9-10H,2-4,6,8,20H2,1H3,(H,21,22). The van der Waals surface area contributed by atoms with Gasteiger partial charge in [0.2, 0.25) is 5.91 Å². The first kappa shape index (κ1) is 18.8. The summed E-state index contributed by atoms with van der Waals surface area (Å²) in [5, 5.41) is 2.67. The van der Waals surface area contributed by atoms with Gasteiger partial charge in [0.25, 0.3) is 0 Å². The fraction of sp³-hybridized carbons (Fsp3) is 0.600. The highest BCUT2D eigenvalue weighted by molar-refractivity contribution is 6.32. The summed E-state index contributed by atoms with van der Waals surface area (Å²) in [4.78, 5) is 17.7. The number of rotatable bonds is 5. The molecule has 2 heterocycles. The Hall–Kier alpha value is -1.54. The van der Waals surface area contributed by atoms with E-state index in [0.717, 1.165) is 12.5 Å². The van der Waals surface area contributed by atoms with Gasteiger partial charge < -0.3 is 16.0 Å². The lowest BCUT2D eigenvalue weighted by molar-refractivity contribution is -0.137. The molecule has 1 fully saturated rings. The summed E-state index contributed by atoms with van der Waals surface area (Å²) < 4.78 is 37.6. The molecule has 1 aromatic heterocycles. The number of nitrogens with zero attached hydrogens (tertiary/aromatic N) is 2. The SMILES string of the molecule is CC1CC(CN)CN1C(=O)CCNc1ncc(C(F)(F)F)cc1Cl. The maximum absolute atomic E-state index is 12.5. The first-order chi connectivity index (χ1) is 11.2. The Balaban J connectivity index is 1.87. The molecule has 1 aromatic rings. The maximum Gasteiger partial charge on any atom is 0.417 e. The predicted octanol–water partition coefficient (Wildman–Crippen LogP) is 2.75. The minimum absolute atomic E-state index is 0.0195. The Morgan fingerprint density at radius 3 is 2.79 bits per heavy atom. The van der Waals surface area contributed by atoms with Gasteiger partial charge in [0.05, 0.1) is 10.6 Å². The van der Waals surface area contributed by atoms with Gasteiger partial charge in [0, 0.05) is 31.7 Å². The average Bonchev–Trinajstić information content (AvgIpc) is 2.89. The minimum Gasteiger partial charge on any atom is -0.368 e. The average molecular weight is 365 g/mol. The van der Waals surface area contributed by atoms with Crippen LogP contribution in [0.3, 0.4) is 0 Å². The molecule has 0 aromatic carbocycles. The molecule has 0 bridgehead atoms. The van der Waals surface area contributed by atoms with Gasteiger partial charge in [-0.15, -0.1) is 0 Å². The summed E-state index contributed by atoms with van der Waals surface area (Å²) in [6.07, 6.45) is -2.68. The van der Waals surface area contributed by atoms with Crippen LogP contribution in [0.25, 0.3) is 0 Å². The largest absolute Gasteiger partial charge is 0.417 e. The molecule has 2 atom stereocenters. The van der Waals surface area contributed by atoms with E-state index >= 15 is 0 Å². The molecule has 9 heteroatoms. The van der Waals surface area contributed by atoms with E-state index in [1.807, 2.05) is 6.92 Å². The van der Waals surface area contributed by atoms with E-state index in [9.17, 15) is 18.0 Å². The maximum atomic E-state index is 12.5. The van der Waals surface area contributed by atoms with Crippen molar-refractivity contribution < 1.29 is 18.0 Å². The van der Waals surface area contributed by atoms with Gasteiger partial charge in [0.1, 0.15) is 5.82 Å². The van der Waals surface area contributed by atoms with Crippen molar-refractivity contribution >= 4 is 23.3 Å². The van der Waals surface area contributed by atoms with Crippen molar-refractivity contribution in [1.29, 1.82) is 0 Å². The number of likely N-dealkylation sites (tertiary alicyclic amines) is 1. The lowest BCUT2D eigenvalue weighted by Gasteiger charge is -2.21. The van der Waals surface area contributed by atoms with E-state index in [1.54, 1.807) is 4.90 Å². The number of aromatic nitrogens is 1. The number of hydrogen-bond donors (Lipinski definition) is 2. The lowest BCUT2D eigenvalue weighted by Crippen LogP contribution is -2.35. The van der Waals surface area contributed by atoms with Crippen molar-refractivity contribution in [3.8, 4) is 0 Å². The van der Waals surface area contributed by atoms with Gasteiger partial charge in [-0.05, 0) is 31.9 Å². The van der Waals surface area contributed by atoms with Crippen molar-refractivity contribution in [3.05, 3.63) is 22.8 Å². The number of carbonyl (C=O) groups is 1. The van der Waals surface area contributed by atoms with Crippen LogP contribution in [-0.4, -0.2) is 41.5 Å². The normalized spacial score (nSPS) is 21.2. The fourth-order valence-corrected chi connectivity index (χ4v) is 3.05. The highest BCUT2D eigenvalue weighted by Crippen LogP contribution is 2.32. The number of halogens is 4. The Morgan fingerprint density at radius 2 is 2.25 bits per heavy atom. The Morgan fingerprint density at radius 1 is 1.54 bits per heavy atom. The molecule has 134 valence electrons. The van der Waals surface area contributed by atoms with Gasteiger partial charge in [0.15, 0.2) is 0 Å². The van der Waals surface area contributed by atoms with Gasteiger partial charge in [-0.1, -0.05) is 11.6 Å². The zero-order chi connectivity index (χ0) is 17.9. The Kier molecular flexibility index (Phi) is 5.92. The van der Waals surface area contributed by atoms with Crippen LogP contribution in [0, 0.1) is 5.92 Å². The van der Waals surface area contributed by atoms with E-state index in [1.165, 1.54) is 0 Å².